The topological polar surface area (TPSA) is 90.0 Å². The van der Waals surface area contributed by atoms with Gasteiger partial charge in [0.15, 0.2) is 10.8 Å². The Morgan fingerprint density at radius 2 is 1.88 bits per heavy atom. The predicted octanol–water partition coefficient (Wildman–Crippen LogP) is 3.32. The molecule has 0 radical (unpaired) electrons. The van der Waals surface area contributed by atoms with Crippen molar-refractivity contribution >= 4 is 34.2 Å². The van der Waals surface area contributed by atoms with Crippen molar-refractivity contribution in [2.75, 3.05) is 5.75 Å². The number of benzene rings is 2. The van der Waals surface area contributed by atoms with Gasteiger partial charge in [-0.2, -0.15) is 4.52 Å². The van der Waals surface area contributed by atoms with E-state index in [1.807, 2.05) is 79.3 Å². The van der Waals surface area contributed by atoms with Crippen molar-refractivity contribution in [1.29, 1.82) is 0 Å². The molecule has 1 unspecified atom stereocenters. The molecule has 0 aliphatic carbocycles. The van der Waals surface area contributed by atoms with Crippen LogP contribution in [0.1, 0.15) is 23.3 Å². The number of hydrogen-bond donors (Lipinski definition) is 1. The van der Waals surface area contributed by atoms with Gasteiger partial charge in [-0.05, 0) is 24.6 Å². The minimum atomic E-state index is -0.345. The standard InChI is InChI=1S/C23H21N7OS/c1-15-25-21-17-10-6-7-11-18(17)26-23(30(21)28-15)32-14-19(31)27-20(16-8-4-3-5-9-16)22-24-12-13-29(22)2/h3-13,20H,14H2,1-2H3,(H,27,31). The molecule has 0 spiro atoms. The molecule has 1 amide bonds. The van der Waals surface area contributed by atoms with Gasteiger partial charge in [0.2, 0.25) is 5.91 Å². The highest BCUT2D eigenvalue weighted by atomic mass is 32.2. The van der Waals surface area contributed by atoms with Crippen LogP contribution in [0.2, 0.25) is 0 Å². The fraction of sp³-hybridized carbons (Fsp3) is 0.174. The van der Waals surface area contributed by atoms with E-state index in [1.54, 1.807) is 10.7 Å². The largest absolute Gasteiger partial charge is 0.341 e. The molecule has 0 saturated heterocycles. The Bertz CT molecular complexity index is 1410. The van der Waals surface area contributed by atoms with Crippen LogP contribution in [0.15, 0.2) is 72.1 Å². The molecule has 1 atom stereocenters. The average Bonchev–Trinajstić information content (AvgIpc) is 3.41. The van der Waals surface area contributed by atoms with E-state index in [9.17, 15) is 4.79 Å². The van der Waals surface area contributed by atoms with Crippen molar-refractivity contribution in [3.63, 3.8) is 0 Å². The first kappa shape index (κ1) is 20.2. The van der Waals surface area contributed by atoms with Gasteiger partial charge in [-0.3, -0.25) is 4.79 Å². The van der Waals surface area contributed by atoms with Gasteiger partial charge >= 0.3 is 0 Å². The Kier molecular flexibility index (Phi) is 5.32. The normalized spacial score (nSPS) is 12.3. The maximum absolute atomic E-state index is 13.0. The number of nitrogens with zero attached hydrogens (tertiary/aromatic N) is 6. The predicted molar refractivity (Wildman–Crippen MR) is 123 cm³/mol. The van der Waals surface area contributed by atoms with Crippen LogP contribution in [0.25, 0.3) is 16.6 Å². The number of thioether (sulfide) groups is 1. The van der Waals surface area contributed by atoms with E-state index in [0.717, 1.165) is 27.9 Å². The van der Waals surface area contributed by atoms with Crippen molar-refractivity contribution in [3.8, 4) is 0 Å². The van der Waals surface area contributed by atoms with Crippen LogP contribution in [0.3, 0.4) is 0 Å². The number of imidazole rings is 1. The first-order chi connectivity index (χ1) is 15.6. The molecule has 0 saturated carbocycles. The van der Waals surface area contributed by atoms with Gasteiger partial charge in [0, 0.05) is 24.8 Å². The summed E-state index contributed by atoms with van der Waals surface area (Å²) in [5.41, 5.74) is 2.54. The first-order valence-electron chi connectivity index (χ1n) is 10.2. The number of nitrogens with one attached hydrogen (secondary N) is 1. The van der Waals surface area contributed by atoms with Crippen LogP contribution in [-0.2, 0) is 11.8 Å². The highest BCUT2D eigenvalue weighted by Gasteiger charge is 2.21. The van der Waals surface area contributed by atoms with Gasteiger partial charge in [0.25, 0.3) is 0 Å². The van der Waals surface area contributed by atoms with Gasteiger partial charge in [0.1, 0.15) is 17.7 Å². The molecular weight excluding hydrogens is 422 g/mol. The third-order valence-corrected chi connectivity index (χ3v) is 6.07. The second kappa shape index (κ2) is 8.43. The molecule has 3 heterocycles. The number of para-hydroxylation sites is 1. The minimum absolute atomic E-state index is 0.119. The molecule has 2 aromatic carbocycles. The van der Waals surface area contributed by atoms with E-state index in [4.69, 9.17) is 4.98 Å². The van der Waals surface area contributed by atoms with Crippen LogP contribution < -0.4 is 5.32 Å². The van der Waals surface area contributed by atoms with Gasteiger partial charge in [-0.15, -0.1) is 5.10 Å². The first-order valence-corrected chi connectivity index (χ1v) is 11.1. The lowest BCUT2D eigenvalue weighted by atomic mass is 10.1. The highest BCUT2D eigenvalue weighted by Crippen LogP contribution is 2.25. The molecule has 9 heteroatoms. The number of carbonyl (C=O) groups excluding carboxylic acids is 1. The van der Waals surface area contributed by atoms with Gasteiger partial charge < -0.3 is 9.88 Å². The number of rotatable bonds is 6. The van der Waals surface area contributed by atoms with Gasteiger partial charge in [-0.25, -0.2) is 15.0 Å². The van der Waals surface area contributed by atoms with E-state index in [2.05, 4.69) is 20.4 Å². The molecule has 1 N–H and O–H groups in total. The zero-order chi connectivity index (χ0) is 22.1. The molecule has 0 aliphatic heterocycles. The van der Waals surface area contributed by atoms with Crippen molar-refractivity contribution in [2.24, 2.45) is 7.05 Å². The summed E-state index contributed by atoms with van der Waals surface area (Å²) in [5, 5.41) is 9.16. The second-order valence-electron chi connectivity index (χ2n) is 7.40. The lowest BCUT2D eigenvalue weighted by molar-refractivity contribution is -0.119. The van der Waals surface area contributed by atoms with E-state index >= 15 is 0 Å². The van der Waals surface area contributed by atoms with Gasteiger partial charge in [0.05, 0.1) is 11.3 Å². The van der Waals surface area contributed by atoms with Crippen LogP contribution in [-0.4, -0.2) is 40.8 Å². The fourth-order valence-electron chi connectivity index (χ4n) is 3.66. The smallest absolute Gasteiger partial charge is 0.231 e. The number of aryl methyl sites for hydroxylation is 2. The summed E-state index contributed by atoms with van der Waals surface area (Å²) in [4.78, 5) is 26.7. The zero-order valence-corrected chi connectivity index (χ0v) is 18.5. The maximum Gasteiger partial charge on any atom is 0.231 e. The molecule has 8 nitrogen and oxygen atoms in total. The number of fused-ring (bicyclic) bond motifs is 3. The Balaban J connectivity index is 1.40. The fourth-order valence-corrected chi connectivity index (χ4v) is 4.41. The minimum Gasteiger partial charge on any atom is -0.341 e. The average molecular weight is 444 g/mol. The number of amides is 1. The van der Waals surface area contributed by atoms with E-state index in [-0.39, 0.29) is 17.7 Å². The second-order valence-corrected chi connectivity index (χ2v) is 8.34. The molecular formula is C23H21N7OS. The van der Waals surface area contributed by atoms with E-state index in [1.165, 1.54) is 11.8 Å². The Morgan fingerprint density at radius 1 is 1.09 bits per heavy atom. The summed E-state index contributed by atoms with van der Waals surface area (Å²) >= 11 is 1.33. The monoisotopic (exact) mass is 443 g/mol. The van der Waals surface area contributed by atoms with E-state index in [0.29, 0.717) is 11.0 Å². The summed E-state index contributed by atoms with van der Waals surface area (Å²) < 4.78 is 3.63. The van der Waals surface area contributed by atoms with Crippen LogP contribution in [0.5, 0.6) is 0 Å². The Morgan fingerprint density at radius 3 is 2.66 bits per heavy atom. The number of carbonyl (C=O) groups is 1. The third kappa shape index (κ3) is 3.82. The summed E-state index contributed by atoms with van der Waals surface area (Å²) in [5.74, 6) is 1.50. The molecule has 32 heavy (non-hydrogen) atoms. The third-order valence-electron chi connectivity index (χ3n) is 5.14. The molecule has 160 valence electrons. The van der Waals surface area contributed by atoms with Crippen molar-refractivity contribution in [3.05, 3.63) is 84.2 Å². The Hall–Kier alpha value is -3.72. The van der Waals surface area contributed by atoms with E-state index < -0.39 is 0 Å². The van der Waals surface area contributed by atoms with Crippen molar-refractivity contribution in [1.82, 2.24) is 34.4 Å². The molecule has 5 rings (SSSR count). The molecule has 0 aliphatic rings. The van der Waals surface area contributed by atoms with Crippen molar-refractivity contribution < 1.29 is 4.79 Å². The van der Waals surface area contributed by atoms with Gasteiger partial charge in [-0.1, -0.05) is 54.2 Å². The molecule has 5 aromatic rings. The maximum atomic E-state index is 13.0. The summed E-state index contributed by atoms with van der Waals surface area (Å²) in [6.07, 6.45) is 3.60. The Labute approximate surface area is 188 Å². The lowest BCUT2D eigenvalue weighted by Gasteiger charge is -2.19. The van der Waals surface area contributed by atoms with Crippen LogP contribution >= 0.6 is 11.8 Å². The molecule has 0 fully saturated rings. The molecule has 3 aromatic heterocycles. The van der Waals surface area contributed by atoms with Crippen LogP contribution in [0.4, 0.5) is 0 Å². The summed E-state index contributed by atoms with van der Waals surface area (Å²) in [6.45, 7) is 1.85. The molecule has 0 bridgehead atoms. The van der Waals surface area contributed by atoms with Crippen LogP contribution in [0, 0.1) is 6.92 Å². The highest BCUT2D eigenvalue weighted by molar-refractivity contribution is 7.99. The van der Waals surface area contributed by atoms with Crippen molar-refractivity contribution in [2.45, 2.75) is 18.1 Å². The lowest BCUT2D eigenvalue weighted by Crippen LogP contribution is -2.32. The number of hydrogen-bond acceptors (Lipinski definition) is 6. The number of aromatic nitrogens is 6. The zero-order valence-electron chi connectivity index (χ0n) is 17.6. The summed E-state index contributed by atoms with van der Waals surface area (Å²) in [7, 11) is 1.92. The summed E-state index contributed by atoms with van der Waals surface area (Å²) in [6, 6.07) is 17.3. The quantitative estimate of drug-likeness (QED) is 0.320. The SMILES string of the molecule is Cc1nc2c3ccccc3nc(SCC(=O)NC(c3ccccc3)c3nccn3C)n2n1.